The van der Waals surface area contributed by atoms with Gasteiger partial charge in [0.2, 0.25) is 0 Å². The standard InChI is InChI=1S/C12H21N3O2/c1-12(2,3)17-11(16)15-7-4-6-14(8-5-13)9-10-15/h4,6-10H2,1-3H3. The summed E-state index contributed by atoms with van der Waals surface area (Å²) in [7, 11) is 0. The van der Waals surface area contributed by atoms with E-state index in [1.54, 1.807) is 4.90 Å². The van der Waals surface area contributed by atoms with Crippen molar-refractivity contribution in [1.82, 2.24) is 9.80 Å². The Hall–Kier alpha value is -1.28. The van der Waals surface area contributed by atoms with E-state index in [4.69, 9.17) is 10.00 Å². The first-order valence-corrected chi connectivity index (χ1v) is 5.99. The molecule has 1 fully saturated rings. The van der Waals surface area contributed by atoms with Gasteiger partial charge >= 0.3 is 6.09 Å². The minimum absolute atomic E-state index is 0.253. The maximum Gasteiger partial charge on any atom is 0.410 e. The molecule has 17 heavy (non-hydrogen) atoms. The van der Waals surface area contributed by atoms with E-state index in [1.165, 1.54) is 0 Å². The zero-order valence-corrected chi connectivity index (χ0v) is 10.9. The van der Waals surface area contributed by atoms with E-state index in [2.05, 4.69) is 11.0 Å². The summed E-state index contributed by atoms with van der Waals surface area (Å²) in [5, 5.41) is 8.64. The van der Waals surface area contributed by atoms with Gasteiger partial charge in [0, 0.05) is 26.2 Å². The van der Waals surface area contributed by atoms with Crippen LogP contribution in [0.1, 0.15) is 27.2 Å². The number of hydrogen-bond acceptors (Lipinski definition) is 4. The zero-order chi connectivity index (χ0) is 12.9. The van der Waals surface area contributed by atoms with Crippen molar-refractivity contribution in [3.63, 3.8) is 0 Å². The monoisotopic (exact) mass is 239 g/mol. The molecule has 0 spiro atoms. The van der Waals surface area contributed by atoms with Gasteiger partial charge in [0.1, 0.15) is 5.60 Å². The lowest BCUT2D eigenvalue weighted by Crippen LogP contribution is -2.39. The van der Waals surface area contributed by atoms with E-state index in [9.17, 15) is 4.79 Å². The fourth-order valence-electron chi connectivity index (χ4n) is 1.74. The van der Waals surface area contributed by atoms with Crippen molar-refractivity contribution in [1.29, 1.82) is 5.26 Å². The van der Waals surface area contributed by atoms with Crippen LogP contribution in [-0.2, 0) is 4.74 Å². The van der Waals surface area contributed by atoms with Gasteiger partial charge in [-0.15, -0.1) is 0 Å². The molecule has 1 aliphatic rings. The van der Waals surface area contributed by atoms with Gasteiger partial charge in [-0.1, -0.05) is 0 Å². The number of carbonyl (C=O) groups is 1. The Bertz CT molecular complexity index is 304. The van der Waals surface area contributed by atoms with Crippen LogP contribution in [0.25, 0.3) is 0 Å². The minimum Gasteiger partial charge on any atom is -0.444 e. The first-order valence-electron chi connectivity index (χ1n) is 5.99. The maximum absolute atomic E-state index is 11.9. The molecule has 5 nitrogen and oxygen atoms in total. The van der Waals surface area contributed by atoms with Crippen LogP contribution in [-0.4, -0.2) is 54.2 Å². The van der Waals surface area contributed by atoms with E-state index < -0.39 is 5.60 Å². The van der Waals surface area contributed by atoms with E-state index in [-0.39, 0.29) is 6.09 Å². The van der Waals surface area contributed by atoms with E-state index in [1.807, 2.05) is 20.8 Å². The Morgan fingerprint density at radius 2 is 2.00 bits per heavy atom. The molecular weight excluding hydrogens is 218 g/mol. The van der Waals surface area contributed by atoms with Gasteiger partial charge in [0.15, 0.2) is 0 Å². The van der Waals surface area contributed by atoms with Crippen LogP contribution in [0.2, 0.25) is 0 Å². The highest BCUT2D eigenvalue weighted by molar-refractivity contribution is 5.68. The maximum atomic E-state index is 11.9. The van der Waals surface area contributed by atoms with Crippen LogP contribution in [0.15, 0.2) is 0 Å². The van der Waals surface area contributed by atoms with Gasteiger partial charge in [0.05, 0.1) is 12.6 Å². The first-order chi connectivity index (χ1) is 7.92. The van der Waals surface area contributed by atoms with Crippen molar-refractivity contribution in [2.75, 3.05) is 32.7 Å². The molecular formula is C12H21N3O2. The second-order valence-electron chi connectivity index (χ2n) is 5.26. The normalized spacial score (nSPS) is 18.4. The lowest BCUT2D eigenvalue weighted by Gasteiger charge is -2.26. The summed E-state index contributed by atoms with van der Waals surface area (Å²) >= 11 is 0. The van der Waals surface area contributed by atoms with Crippen LogP contribution in [0.5, 0.6) is 0 Å². The van der Waals surface area contributed by atoms with Gasteiger partial charge in [-0.2, -0.15) is 5.26 Å². The van der Waals surface area contributed by atoms with Crippen LogP contribution >= 0.6 is 0 Å². The molecule has 0 aromatic heterocycles. The Balaban J connectivity index is 2.46. The fourth-order valence-corrected chi connectivity index (χ4v) is 1.74. The number of nitrogens with zero attached hydrogens (tertiary/aromatic N) is 3. The van der Waals surface area contributed by atoms with Crippen molar-refractivity contribution in [3.05, 3.63) is 0 Å². The Labute approximate surface area is 103 Å². The van der Waals surface area contributed by atoms with Crippen molar-refractivity contribution < 1.29 is 9.53 Å². The zero-order valence-electron chi connectivity index (χ0n) is 10.9. The number of amides is 1. The molecule has 0 N–H and O–H groups in total. The molecule has 1 rings (SSSR count). The van der Waals surface area contributed by atoms with Crippen molar-refractivity contribution in [3.8, 4) is 6.07 Å². The summed E-state index contributed by atoms with van der Waals surface area (Å²) < 4.78 is 5.33. The van der Waals surface area contributed by atoms with Crippen LogP contribution < -0.4 is 0 Å². The van der Waals surface area contributed by atoms with Gasteiger partial charge in [-0.05, 0) is 27.2 Å². The summed E-state index contributed by atoms with van der Waals surface area (Å²) in [5.41, 5.74) is -0.449. The largest absolute Gasteiger partial charge is 0.444 e. The van der Waals surface area contributed by atoms with Crippen LogP contribution in [0.4, 0.5) is 4.79 Å². The van der Waals surface area contributed by atoms with Gasteiger partial charge in [-0.25, -0.2) is 4.79 Å². The lowest BCUT2D eigenvalue weighted by atomic mass is 10.2. The SMILES string of the molecule is CC(C)(C)OC(=O)N1CCCN(CC#N)CC1. The molecule has 5 heteroatoms. The Morgan fingerprint density at radius 1 is 1.29 bits per heavy atom. The summed E-state index contributed by atoms with van der Waals surface area (Å²) in [5.74, 6) is 0. The molecule has 0 unspecified atom stereocenters. The van der Waals surface area contributed by atoms with E-state index in [0.29, 0.717) is 19.6 Å². The molecule has 1 amide bonds. The number of carbonyl (C=O) groups excluding carboxylic acids is 1. The molecule has 0 saturated carbocycles. The molecule has 1 heterocycles. The topological polar surface area (TPSA) is 56.6 Å². The molecule has 0 radical (unpaired) electrons. The third-order valence-corrected chi connectivity index (χ3v) is 2.53. The van der Waals surface area contributed by atoms with Crippen molar-refractivity contribution >= 4 is 6.09 Å². The van der Waals surface area contributed by atoms with Gasteiger partial charge < -0.3 is 9.64 Å². The average molecular weight is 239 g/mol. The van der Waals surface area contributed by atoms with Crippen molar-refractivity contribution in [2.24, 2.45) is 0 Å². The van der Waals surface area contributed by atoms with Crippen LogP contribution in [0.3, 0.4) is 0 Å². The Morgan fingerprint density at radius 3 is 2.59 bits per heavy atom. The smallest absolute Gasteiger partial charge is 0.410 e. The molecule has 0 bridgehead atoms. The van der Waals surface area contributed by atoms with Gasteiger partial charge in [0.25, 0.3) is 0 Å². The first kappa shape index (κ1) is 13.8. The molecule has 0 aliphatic carbocycles. The molecule has 1 saturated heterocycles. The molecule has 0 aromatic rings. The average Bonchev–Trinajstić information content (AvgIpc) is 2.41. The third kappa shape index (κ3) is 5.05. The summed E-state index contributed by atoms with van der Waals surface area (Å²) in [6.07, 6.45) is 0.636. The van der Waals surface area contributed by atoms with Gasteiger partial charge in [-0.3, -0.25) is 4.90 Å². The predicted molar refractivity (Wildman–Crippen MR) is 64.5 cm³/mol. The minimum atomic E-state index is -0.449. The van der Waals surface area contributed by atoms with Crippen LogP contribution in [0, 0.1) is 11.3 Å². The molecule has 0 aromatic carbocycles. The number of nitriles is 1. The predicted octanol–water partition coefficient (Wildman–Crippen LogP) is 1.45. The second kappa shape index (κ2) is 5.87. The number of ether oxygens (including phenoxy) is 1. The highest BCUT2D eigenvalue weighted by Gasteiger charge is 2.24. The fraction of sp³-hybridized carbons (Fsp3) is 0.833. The molecule has 0 atom stereocenters. The quantitative estimate of drug-likeness (QED) is 0.650. The number of rotatable bonds is 1. The van der Waals surface area contributed by atoms with E-state index >= 15 is 0 Å². The summed E-state index contributed by atoms with van der Waals surface area (Å²) in [6.45, 7) is 8.98. The lowest BCUT2D eigenvalue weighted by molar-refractivity contribution is 0.0258. The Kier molecular flexibility index (Phi) is 4.76. The second-order valence-corrected chi connectivity index (χ2v) is 5.26. The molecule has 1 aliphatic heterocycles. The summed E-state index contributed by atoms with van der Waals surface area (Å²) in [4.78, 5) is 15.6. The third-order valence-electron chi connectivity index (χ3n) is 2.53. The van der Waals surface area contributed by atoms with Crippen molar-refractivity contribution in [2.45, 2.75) is 32.8 Å². The molecule has 96 valence electrons. The highest BCUT2D eigenvalue weighted by Crippen LogP contribution is 2.11. The number of hydrogen-bond donors (Lipinski definition) is 0. The summed E-state index contributed by atoms with van der Waals surface area (Å²) in [6, 6.07) is 2.14. The van der Waals surface area contributed by atoms with E-state index in [0.717, 1.165) is 19.5 Å². The highest BCUT2D eigenvalue weighted by atomic mass is 16.6.